The van der Waals surface area contributed by atoms with Crippen LogP contribution in [0.25, 0.3) is 0 Å². The van der Waals surface area contributed by atoms with Crippen molar-refractivity contribution in [2.24, 2.45) is 0 Å². The van der Waals surface area contributed by atoms with E-state index in [1.54, 1.807) is 6.07 Å². The number of nitrogens with zero attached hydrogens (tertiary/aromatic N) is 2. The van der Waals surface area contributed by atoms with Crippen molar-refractivity contribution < 1.29 is 14.5 Å². The smallest absolute Gasteiger partial charge is 0.310 e. The van der Waals surface area contributed by atoms with Crippen LogP contribution in [0.3, 0.4) is 0 Å². The summed E-state index contributed by atoms with van der Waals surface area (Å²) < 4.78 is 5.23. The number of thiazole rings is 1. The molecule has 0 aliphatic heterocycles. The topological polar surface area (TPSA) is 94.4 Å². The SMILES string of the molecule is Cc1nc(C(C)NC(=O)COc2ccccc2[N+](=O)[O-])cs1. The number of nitro benzene ring substituents is 1. The number of carbonyl (C=O) groups excluding carboxylic acids is 1. The van der Waals surface area contributed by atoms with Crippen molar-refractivity contribution in [1.82, 2.24) is 10.3 Å². The molecule has 0 aliphatic rings. The number of para-hydroxylation sites is 2. The number of carbonyl (C=O) groups is 1. The molecule has 0 spiro atoms. The number of hydrogen-bond donors (Lipinski definition) is 1. The minimum atomic E-state index is -0.548. The molecule has 7 nitrogen and oxygen atoms in total. The van der Waals surface area contributed by atoms with Gasteiger partial charge in [-0.1, -0.05) is 12.1 Å². The quantitative estimate of drug-likeness (QED) is 0.652. The molecule has 0 fully saturated rings. The van der Waals surface area contributed by atoms with E-state index in [1.165, 1.54) is 29.5 Å². The number of ether oxygens (including phenoxy) is 1. The number of hydrogen-bond acceptors (Lipinski definition) is 6. The lowest BCUT2D eigenvalue weighted by molar-refractivity contribution is -0.385. The fourth-order valence-electron chi connectivity index (χ4n) is 1.81. The Morgan fingerprint density at radius 3 is 2.86 bits per heavy atom. The molecule has 0 saturated heterocycles. The molecular formula is C14H15N3O4S. The molecule has 22 heavy (non-hydrogen) atoms. The van der Waals surface area contributed by atoms with Crippen LogP contribution in [0.2, 0.25) is 0 Å². The third-order valence-corrected chi connectivity index (χ3v) is 3.67. The molecule has 116 valence electrons. The van der Waals surface area contributed by atoms with Gasteiger partial charge in [0.15, 0.2) is 12.4 Å². The van der Waals surface area contributed by atoms with Gasteiger partial charge in [-0.05, 0) is 19.9 Å². The maximum absolute atomic E-state index is 11.9. The summed E-state index contributed by atoms with van der Waals surface area (Å²) in [7, 11) is 0. The van der Waals surface area contributed by atoms with Crippen LogP contribution < -0.4 is 10.1 Å². The summed E-state index contributed by atoms with van der Waals surface area (Å²) in [5, 5.41) is 16.4. The predicted molar refractivity (Wildman–Crippen MR) is 82.0 cm³/mol. The highest BCUT2D eigenvalue weighted by molar-refractivity contribution is 7.09. The van der Waals surface area contributed by atoms with Crippen molar-refractivity contribution in [2.75, 3.05) is 6.61 Å². The monoisotopic (exact) mass is 321 g/mol. The number of amides is 1. The average Bonchev–Trinajstić information content (AvgIpc) is 2.92. The Morgan fingerprint density at radius 2 is 2.23 bits per heavy atom. The van der Waals surface area contributed by atoms with Gasteiger partial charge in [-0.2, -0.15) is 0 Å². The fourth-order valence-corrected chi connectivity index (χ4v) is 2.52. The third kappa shape index (κ3) is 4.01. The minimum absolute atomic E-state index is 0.0693. The van der Waals surface area contributed by atoms with E-state index in [9.17, 15) is 14.9 Å². The van der Waals surface area contributed by atoms with Crippen molar-refractivity contribution in [3.63, 3.8) is 0 Å². The maximum atomic E-state index is 11.9. The Hall–Kier alpha value is -2.48. The highest BCUT2D eigenvalue weighted by Gasteiger charge is 2.16. The number of rotatable bonds is 6. The first kappa shape index (κ1) is 15.9. The van der Waals surface area contributed by atoms with Crippen LogP contribution in [-0.4, -0.2) is 22.4 Å². The van der Waals surface area contributed by atoms with Gasteiger partial charge in [-0.25, -0.2) is 4.98 Å². The van der Waals surface area contributed by atoms with Crippen LogP contribution >= 0.6 is 11.3 Å². The summed E-state index contributed by atoms with van der Waals surface area (Å²) >= 11 is 1.51. The molecule has 2 aromatic rings. The van der Waals surface area contributed by atoms with Crippen molar-refractivity contribution >= 4 is 22.9 Å². The van der Waals surface area contributed by atoms with Crippen molar-refractivity contribution in [1.29, 1.82) is 0 Å². The van der Waals surface area contributed by atoms with Gasteiger partial charge in [-0.3, -0.25) is 14.9 Å². The molecule has 0 radical (unpaired) electrons. The lowest BCUT2D eigenvalue weighted by Gasteiger charge is -2.12. The highest BCUT2D eigenvalue weighted by atomic mass is 32.1. The molecule has 1 atom stereocenters. The van der Waals surface area contributed by atoms with E-state index >= 15 is 0 Å². The second-order valence-electron chi connectivity index (χ2n) is 4.59. The minimum Gasteiger partial charge on any atom is -0.477 e. The van der Waals surface area contributed by atoms with Gasteiger partial charge in [-0.15, -0.1) is 11.3 Å². The molecule has 0 aliphatic carbocycles. The number of benzene rings is 1. The van der Waals surface area contributed by atoms with E-state index in [0.29, 0.717) is 0 Å². The largest absolute Gasteiger partial charge is 0.477 e. The van der Waals surface area contributed by atoms with Crippen LogP contribution in [0.5, 0.6) is 5.75 Å². The third-order valence-electron chi connectivity index (χ3n) is 2.88. The van der Waals surface area contributed by atoms with Gasteiger partial charge in [0.2, 0.25) is 0 Å². The Kier molecular flexibility index (Phi) is 5.05. The van der Waals surface area contributed by atoms with Crippen LogP contribution in [0, 0.1) is 17.0 Å². The van der Waals surface area contributed by atoms with E-state index in [2.05, 4.69) is 10.3 Å². The van der Waals surface area contributed by atoms with Gasteiger partial charge in [0.1, 0.15) is 0 Å². The Balaban J connectivity index is 1.92. The average molecular weight is 321 g/mol. The molecule has 0 bridgehead atoms. The Morgan fingerprint density at radius 1 is 1.50 bits per heavy atom. The molecule has 8 heteroatoms. The lowest BCUT2D eigenvalue weighted by Crippen LogP contribution is -2.31. The number of aryl methyl sites for hydroxylation is 1. The zero-order chi connectivity index (χ0) is 16.1. The van der Waals surface area contributed by atoms with Crippen LogP contribution in [0.1, 0.15) is 23.7 Å². The van der Waals surface area contributed by atoms with Gasteiger partial charge in [0.05, 0.1) is 21.7 Å². The number of aromatic nitrogens is 1. The summed E-state index contributed by atoms with van der Waals surface area (Å²) in [5.41, 5.74) is 0.611. The summed E-state index contributed by atoms with van der Waals surface area (Å²) in [5.74, 6) is -0.295. The molecular weight excluding hydrogens is 306 g/mol. The molecule has 0 saturated carbocycles. The van der Waals surface area contributed by atoms with Crippen molar-refractivity contribution in [3.8, 4) is 5.75 Å². The summed E-state index contributed by atoms with van der Waals surface area (Å²) in [6, 6.07) is 5.69. The summed E-state index contributed by atoms with van der Waals surface area (Å²) in [6.07, 6.45) is 0. The Labute approximate surface area is 131 Å². The van der Waals surface area contributed by atoms with Gasteiger partial charge in [0.25, 0.3) is 5.91 Å². The van der Waals surface area contributed by atoms with Gasteiger partial charge < -0.3 is 10.1 Å². The molecule has 1 heterocycles. The van der Waals surface area contributed by atoms with Gasteiger partial charge in [0, 0.05) is 11.4 Å². The summed E-state index contributed by atoms with van der Waals surface area (Å²) in [6.45, 7) is 3.41. The first-order valence-corrected chi connectivity index (χ1v) is 7.43. The zero-order valence-corrected chi connectivity index (χ0v) is 12.9. The normalized spacial score (nSPS) is 11.7. The standard InChI is InChI=1S/C14H15N3O4S/c1-9(11-8-22-10(2)16-11)15-14(18)7-21-13-6-4-3-5-12(13)17(19)20/h3-6,8-9H,7H2,1-2H3,(H,15,18). The molecule has 1 N–H and O–H groups in total. The Bertz CT molecular complexity index is 686. The van der Waals surface area contributed by atoms with Crippen molar-refractivity contribution in [3.05, 3.63) is 50.5 Å². The molecule has 1 aromatic heterocycles. The molecule has 2 rings (SSSR count). The first-order chi connectivity index (χ1) is 10.5. The van der Waals surface area contributed by atoms with E-state index in [1.807, 2.05) is 19.2 Å². The molecule has 1 amide bonds. The first-order valence-electron chi connectivity index (χ1n) is 6.55. The van der Waals surface area contributed by atoms with E-state index in [-0.39, 0.29) is 30.0 Å². The molecule has 1 aromatic carbocycles. The van der Waals surface area contributed by atoms with Crippen LogP contribution in [-0.2, 0) is 4.79 Å². The van der Waals surface area contributed by atoms with Crippen LogP contribution in [0.15, 0.2) is 29.6 Å². The van der Waals surface area contributed by atoms with Crippen LogP contribution in [0.4, 0.5) is 5.69 Å². The number of nitro groups is 1. The van der Waals surface area contributed by atoms with Crippen molar-refractivity contribution in [2.45, 2.75) is 19.9 Å². The molecule has 1 unspecified atom stereocenters. The summed E-state index contributed by atoms with van der Waals surface area (Å²) in [4.78, 5) is 26.5. The number of nitrogens with one attached hydrogen (secondary N) is 1. The van der Waals surface area contributed by atoms with E-state index in [4.69, 9.17) is 4.74 Å². The zero-order valence-electron chi connectivity index (χ0n) is 12.1. The van der Waals surface area contributed by atoms with E-state index in [0.717, 1.165) is 10.7 Å². The second kappa shape index (κ2) is 6.99. The maximum Gasteiger partial charge on any atom is 0.310 e. The fraction of sp³-hybridized carbons (Fsp3) is 0.286. The van der Waals surface area contributed by atoms with E-state index < -0.39 is 4.92 Å². The van der Waals surface area contributed by atoms with Gasteiger partial charge >= 0.3 is 5.69 Å². The predicted octanol–water partition coefficient (Wildman–Crippen LogP) is 2.62. The highest BCUT2D eigenvalue weighted by Crippen LogP contribution is 2.25. The lowest BCUT2D eigenvalue weighted by atomic mass is 10.2. The second-order valence-corrected chi connectivity index (χ2v) is 5.66.